The molecule has 1 aromatic carbocycles. The van der Waals surface area contributed by atoms with Crippen LogP contribution in [0, 0.1) is 0 Å². The molecular weight excluding hydrogens is 286 g/mol. The molecule has 0 radical (unpaired) electrons. The van der Waals surface area contributed by atoms with E-state index in [1.807, 2.05) is 32.9 Å². The van der Waals surface area contributed by atoms with E-state index in [9.17, 15) is 8.42 Å². The molecule has 1 aromatic rings. The largest absolute Gasteiger partial charge is 0.385 e. The van der Waals surface area contributed by atoms with Gasteiger partial charge in [0.15, 0.2) is 9.84 Å². The molecular formula is C16H27NO3S. The van der Waals surface area contributed by atoms with Crippen molar-refractivity contribution in [1.82, 2.24) is 0 Å². The fourth-order valence-electron chi connectivity index (χ4n) is 1.95. The summed E-state index contributed by atoms with van der Waals surface area (Å²) in [5.74, 6) is 0.204. The van der Waals surface area contributed by atoms with Crippen LogP contribution in [0.15, 0.2) is 29.2 Å². The molecule has 21 heavy (non-hydrogen) atoms. The van der Waals surface area contributed by atoms with E-state index in [4.69, 9.17) is 4.74 Å². The van der Waals surface area contributed by atoms with Crippen LogP contribution in [0.25, 0.3) is 0 Å². The van der Waals surface area contributed by atoms with Crippen LogP contribution in [0.3, 0.4) is 0 Å². The summed E-state index contributed by atoms with van der Waals surface area (Å²) in [6.45, 7) is 7.59. The van der Waals surface area contributed by atoms with Gasteiger partial charge in [-0.1, -0.05) is 6.92 Å². The summed E-state index contributed by atoms with van der Waals surface area (Å²) in [6, 6.07) is 7.00. The van der Waals surface area contributed by atoms with Gasteiger partial charge >= 0.3 is 0 Å². The summed E-state index contributed by atoms with van der Waals surface area (Å²) < 4.78 is 29.3. The first-order valence-corrected chi connectivity index (χ1v) is 9.29. The summed E-state index contributed by atoms with van der Waals surface area (Å²) in [5, 5.41) is 3.29. The normalized spacial score (nSPS) is 11.8. The molecule has 0 saturated heterocycles. The van der Waals surface area contributed by atoms with Crippen molar-refractivity contribution in [1.29, 1.82) is 0 Å². The predicted molar refractivity (Wildman–Crippen MR) is 87.6 cm³/mol. The highest BCUT2D eigenvalue weighted by molar-refractivity contribution is 7.91. The Morgan fingerprint density at radius 3 is 2.38 bits per heavy atom. The first-order chi connectivity index (χ1) is 9.95. The van der Waals surface area contributed by atoms with Crippen molar-refractivity contribution in [2.45, 2.75) is 51.0 Å². The third-order valence-corrected chi connectivity index (χ3v) is 4.97. The van der Waals surface area contributed by atoms with Crippen molar-refractivity contribution in [3.05, 3.63) is 24.3 Å². The lowest BCUT2D eigenvalue weighted by Crippen LogP contribution is -2.08. The quantitative estimate of drug-likeness (QED) is 0.672. The lowest BCUT2D eigenvalue weighted by atomic mass is 10.3. The average molecular weight is 313 g/mol. The highest BCUT2D eigenvalue weighted by Crippen LogP contribution is 2.16. The van der Waals surface area contributed by atoms with Gasteiger partial charge in [-0.15, -0.1) is 0 Å². The van der Waals surface area contributed by atoms with E-state index in [1.54, 1.807) is 12.1 Å². The van der Waals surface area contributed by atoms with Crippen molar-refractivity contribution < 1.29 is 13.2 Å². The van der Waals surface area contributed by atoms with Crippen molar-refractivity contribution in [3.8, 4) is 0 Å². The monoisotopic (exact) mass is 313 g/mol. The number of rotatable bonds is 10. The van der Waals surface area contributed by atoms with Gasteiger partial charge in [-0.25, -0.2) is 8.42 Å². The molecule has 0 amide bonds. The van der Waals surface area contributed by atoms with E-state index in [-0.39, 0.29) is 11.9 Å². The maximum Gasteiger partial charge on any atom is 0.178 e. The zero-order valence-corrected chi connectivity index (χ0v) is 14.1. The standard InChI is InChI=1S/C16H27NO3S/c1-4-13-21(18,19)16-9-7-15(8-10-16)17-11-5-6-12-20-14(2)3/h7-10,14,17H,4-6,11-13H2,1-3H3. The van der Waals surface area contributed by atoms with Gasteiger partial charge in [-0.2, -0.15) is 0 Å². The zero-order chi connectivity index (χ0) is 15.7. The molecule has 0 aliphatic heterocycles. The fourth-order valence-corrected chi connectivity index (χ4v) is 3.27. The van der Waals surface area contributed by atoms with Crippen LogP contribution in [-0.2, 0) is 14.6 Å². The Kier molecular flexibility index (Phi) is 7.75. The number of hydrogen-bond donors (Lipinski definition) is 1. The summed E-state index contributed by atoms with van der Waals surface area (Å²) in [7, 11) is -3.11. The van der Waals surface area contributed by atoms with Crippen molar-refractivity contribution >= 4 is 15.5 Å². The molecule has 0 fully saturated rings. The first kappa shape index (κ1) is 18.0. The van der Waals surface area contributed by atoms with Crippen molar-refractivity contribution in [2.75, 3.05) is 24.2 Å². The molecule has 0 aliphatic rings. The number of benzene rings is 1. The van der Waals surface area contributed by atoms with Crippen LogP contribution >= 0.6 is 0 Å². The van der Waals surface area contributed by atoms with Gasteiger partial charge in [0.25, 0.3) is 0 Å². The molecule has 0 spiro atoms. The van der Waals surface area contributed by atoms with E-state index in [0.717, 1.165) is 31.7 Å². The molecule has 5 heteroatoms. The molecule has 120 valence electrons. The Hall–Kier alpha value is -1.07. The Labute approximate surface area is 128 Å². The molecule has 0 bridgehead atoms. The second-order valence-electron chi connectivity index (χ2n) is 5.40. The van der Waals surface area contributed by atoms with Gasteiger partial charge in [0, 0.05) is 18.8 Å². The molecule has 0 heterocycles. The van der Waals surface area contributed by atoms with Gasteiger partial charge in [-0.3, -0.25) is 0 Å². The summed E-state index contributed by atoms with van der Waals surface area (Å²) >= 11 is 0. The van der Waals surface area contributed by atoms with Crippen molar-refractivity contribution in [2.24, 2.45) is 0 Å². The molecule has 1 rings (SSSR count). The van der Waals surface area contributed by atoms with Gasteiger partial charge < -0.3 is 10.1 Å². The predicted octanol–water partition coefficient (Wildman–Crippen LogP) is 3.49. The van der Waals surface area contributed by atoms with E-state index < -0.39 is 9.84 Å². The van der Waals surface area contributed by atoms with Gasteiger partial charge in [-0.05, 0) is 57.4 Å². The number of anilines is 1. The smallest absolute Gasteiger partial charge is 0.178 e. The van der Waals surface area contributed by atoms with Crippen LogP contribution in [0.4, 0.5) is 5.69 Å². The zero-order valence-electron chi connectivity index (χ0n) is 13.3. The summed E-state index contributed by atoms with van der Waals surface area (Å²) in [6.07, 6.45) is 2.98. The van der Waals surface area contributed by atoms with E-state index in [2.05, 4.69) is 5.32 Å². The Balaban J connectivity index is 2.35. The van der Waals surface area contributed by atoms with Crippen LogP contribution < -0.4 is 5.32 Å². The third-order valence-electron chi connectivity index (χ3n) is 3.04. The lowest BCUT2D eigenvalue weighted by molar-refractivity contribution is 0.0765. The van der Waals surface area contributed by atoms with E-state index in [1.165, 1.54) is 0 Å². The summed E-state index contributed by atoms with van der Waals surface area (Å²) in [5.41, 5.74) is 0.954. The van der Waals surface area contributed by atoms with Crippen LogP contribution in [-0.4, -0.2) is 33.4 Å². The number of nitrogens with one attached hydrogen (secondary N) is 1. The maximum absolute atomic E-state index is 11.9. The maximum atomic E-state index is 11.9. The van der Waals surface area contributed by atoms with E-state index >= 15 is 0 Å². The lowest BCUT2D eigenvalue weighted by Gasteiger charge is -2.09. The molecule has 0 unspecified atom stereocenters. The first-order valence-electron chi connectivity index (χ1n) is 7.64. The van der Waals surface area contributed by atoms with Crippen LogP contribution in [0.2, 0.25) is 0 Å². The minimum Gasteiger partial charge on any atom is -0.385 e. The molecule has 4 nitrogen and oxygen atoms in total. The SMILES string of the molecule is CCCS(=O)(=O)c1ccc(NCCCCOC(C)C)cc1. The minimum atomic E-state index is -3.11. The van der Waals surface area contributed by atoms with Gasteiger partial charge in [0.1, 0.15) is 0 Å². The Bertz CT molecular complexity index is 495. The van der Waals surface area contributed by atoms with Crippen LogP contribution in [0.1, 0.15) is 40.0 Å². The van der Waals surface area contributed by atoms with Gasteiger partial charge in [0.05, 0.1) is 16.8 Å². The Morgan fingerprint density at radius 1 is 1.14 bits per heavy atom. The minimum absolute atomic E-state index is 0.204. The topological polar surface area (TPSA) is 55.4 Å². The molecule has 0 aliphatic carbocycles. The summed E-state index contributed by atoms with van der Waals surface area (Å²) in [4.78, 5) is 0.403. The molecule has 0 saturated carbocycles. The number of ether oxygens (including phenoxy) is 1. The molecule has 0 aromatic heterocycles. The second kappa shape index (κ2) is 9.05. The average Bonchev–Trinajstić information content (AvgIpc) is 2.43. The Morgan fingerprint density at radius 2 is 1.81 bits per heavy atom. The number of hydrogen-bond acceptors (Lipinski definition) is 4. The second-order valence-corrected chi connectivity index (χ2v) is 7.51. The van der Waals surface area contributed by atoms with Gasteiger partial charge in [0.2, 0.25) is 0 Å². The highest BCUT2D eigenvalue weighted by atomic mass is 32.2. The van der Waals surface area contributed by atoms with Crippen LogP contribution in [0.5, 0.6) is 0 Å². The van der Waals surface area contributed by atoms with Crippen molar-refractivity contribution in [3.63, 3.8) is 0 Å². The van der Waals surface area contributed by atoms with E-state index in [0.29, 0.717) is 11.3 Å². The number of unbranched alkanes of at least 4 members (excludes halogenated alkanes) is 1. The number of sulfone groups is 1. The fraction of sp³-hybridized carbons (Fsp3) is 0.625. The third kappa shape index (κ3) is 6.96. The molecule has 0 atom stereocenters. The molecule has 1 N–H and O–H groups in total. The highest BCUT2D eigenvalue weighted by Gasteiger charge is 2.12.